The molecule has 2 atom stereocenters. The maximum absolute atomic E-state index is 13.8. The highest BCUT2D eigenvalue weighted by atomic mass is 35.5. The second-order valence-electron chi connectivity index (χ2n) is 11.0. The van der Waals surface area contributed by atoms with E-state index in [-0.39, 0.29) is 28.8 Å². The van der Waals surface area contributed by atoms with E-state index in [1.54, 1.807) is 12.3 Å². The number of halogens is 4. The SMILES string of the molecule is COc1cnc2c(c1)NC(=O)C(C)CCCC(n1cnc(-c3cc(Cl)ccc3-n3cc(C(F)(F)F)nn3)cc1=O)c1cccc-2c1. The van der Waals surface area contributed by atoms with E-state index in [0.717, 1.165) is 22.0 Å². The molecule has 1 aliphatic rings. The molecule has 1 amide bonds. The molecule has 236 valence electrons. The van der Waals surface area contributed by atoms with Crippen molar-refractivity contribution in [3.05, 3.63) is 100.0 Å². The van der Waals surface area contributed by atoms with Gasteiger partial charge in [-0.05, 0) is 42.7 Å². The van der Waals surface area contributed by atoms with Crippen LogP contribution in [-0.2, 0) is 11.0 Å². The molecule has 0 spiro atoms. The average molecular weight is 650 g/mol. The summed E-state index contributed by atoms with van der Waals surface area (Å²) in [5.41, 5.74) is 1.80. The van der Waals surface area contributed by atoms with Crippen LogP contribution in [0.2, 0.25) is 5.02 Å². The van der Waals surface area contributed by atoms with Crippen LogP contribution in [0.15, 0.2) is 78.1 Å². The fraction of sp³-hybridized carbons (Fsp3) is 0.250. The van der Waals surface area contributed by atoms with Gasteiger partial charge in [0.25, 0.3) is 5.56 Å². The topological polar surface area (TPSA) is 117 Å². The van der Waals surface area contributed by atoms with Crippen LogP contribution in [0.5, 0.6) is 5.75 Å². The number of benzene rings is 2. The van der Waals surface area contributed by atoms with Crippen LogP contribution in [0.3, 0.4) is 0 Å². The number of hydrogen-bond acceptors (Lipinski definition) is 7. The molecule has 2 unspecified atom stereocenters. The van der Waals surface area contributed by atoms with Gasteiger partial charge in [-0.2, -0.15) is 13.2 Å². The number of hydrogen-bond donors (Lipinski definition) is 1. The Morgan fingerprint density at radius 3 is 2.61 bits per heavy atom. The lowest BCUT2D eigenvalue weighted by molar-refractivity contribution is -0.141. The Balaban J connectivity index is 1.42. The van der Waals surface area contributed by atoms with E-state index in [1.165, 1.54) is 42.3 Å². The van der Waals surface area contributed by atoms with Gasteiger partial charge in [-0.3, -0.25) is 19.1 Å². The van der Waals surface area contributed by atoms with Crippen molar-refractivity contribution < 1.29 is 22.7 Å². The second kappa shape index (κ2) is 12.4. The lowest BCUT2D eigenvalue weighted by Crippen LogP contribution is -2.26. The maximum atomic E-state index is 13.8. The molecule has 0 saturated heterocycles. The Morgan fingerprint density at radius 2 is 1.87 bits per heavy atom. The minimum absolute atomic E-state index is 0.153. The Morgan fingerprint density at radius 1 is 1.04 bits per heavy atom. The highest BCUT2D eigenvalue weighted by molar-refractivity contribution is 6.31. The highest BCUT2D eigenvalue weighted by Gasteiger charge is 2.35. The van der Waals surface area contributed by atoms with Crippen LogP contribution >= 0.6 is 11.6 Å². The molecule has 1 N–H and O–H groups in total. The molecule has 0 aliphatic carbocycles. The third-order valence-electron chi connectivity index (χ3n) is 7.90. The van der Waals surface area contributed by atoms with Crippen LogP contribution in [-0.4, -0.2) is 42.5 Å². The third-order valence-corrected chi connectivity index (χ3v) is 8.14. The molecular weight excluding hydrogens is 623 g/mol. The lowest BCUT2D eigenvalue weighted by atomic mass is 9.94. The average Bonchev–Trinajstić information content (AvgIpc) is 3.54. The normalized spacial score (nSPS) is 17.0. The standard InChI is InChI=1S/C32H27ClF3N7O3/c1-18-5-3-8-26(19-6-4-7-20(11-19)30-25(39-31(18)45)13-22(46-2)15-37-30)42-17-38-24(14-29(42)44)23-12-21(33)9-10-27(23)43-16-28(40-41-43)32(34,35)36/h4,6-7,9-18,26H,3,5,8H2,1-2H3,(H,39,45). The van der Waals surface area contributed by atoms with Crippen molar-refractivity contribution in [3.8, 4) is 34.0 Å². The predicted molar refractivity (Wildman–Crippen MR) is 165 cm³/mol. The van der Waals surface area contributed by atoms with Crippen molar-refractivity contribution >= 4 is 23.2 Å². The van der Waals surface area contributed by atoms with E-state index in [2.05, 4.69) is 25.6 Å². The minimum atomic E-state index is -4.68. The fourth-order valence-corrected chi connectivity index (χ4v) is 5.63. The van der Waals surface area contributed by atoms with E-state index < -0.39 is 17.9 Å². The van der Waals surface area contributed by atoms with Crippen LogP contribution in [0.25, 0.3) is 28.2 Å². The van der Waals surface area contributed by atoms with Gasteiger partial charge in [-0.15, -0.1) is 5.10 Å². The summed E-state index contributed by atoms with van der Waals surface area (Å²) in [6, 6.07) is 14.7. The van der Waals surface area contributed by atoms with E-state index in [1.807, 2.05) is 31.2 Å². The van der Waals surface area contributed by atoms with Gasteiger partial charge in [0, 0.05) is 34.2 Å². The number of aromatic nitrogens is 6. The summed E-state index contributed by atoms with van der Waals surface area (Å²) in [6.07, 6.45) is 0.807. The molecule has 2 aromatic carbocycles. The van der Waals surface area contributed by atoms with Crippen LogP contribution in [0.4, 0.5) is 18.9 Å². The van der Waals surface area contributed by atoms with Gasteiger partial charge in [0.05, 0.1) is 54.6 Å². The summed E-state index contributed by atoms with van der Waals surface area (Å²) in [5, 5.41) is 10.2. The van der Waals surface area contributed by atoms with Crippen LogP contribution in [0, 0.1) is 5.92 Å². The minimum Gasteiger partial charge on any atom is -0.495 e. The molecule has 4 heterocycles. The number of methoxy groups -OCH3 is 1. The summed E-state index contributed by atoms with van der Waals surface area (Å²) >= 11 is 6.25. The number of carbonyl (C=O) groups excluding carboxylic acids is 1. The van der Waals surface area contributed by atoms with Gasteiger partial charge in [-0.1, -0.05) is 48.4 Å². The molecule has 1 aliphatic heterocycles. The molecule has 10 nitrogen and oxygen atoms in total. The van der Waals surface area contributed by atoms with Gasteiger partial charge in [0.2, 0.25) is 5.91 Å². The zero-order valence-corrected chi connectivity index (χ0v) is 25.4. The van der Waals surface area contributed by atoms with Crippen LogP contribution in [0.1, 0.15) is 43.5 Å². The first-order valence-electron chi connectivity index (χ1n) is 14.3. The lowest BCUT2D eigenvalue weighted by Gasteiger charge is -2.23. The summed E-state index contributed by atoms with van der Waals surface area (Å²) in [7, 11) is 1.52. The Bertz CT molecular complexity index is 1990. The van der Waals surface area contributed by atoms with E-state index in [0.29, 0.717) is 47.0 Å². The van der Waals surface area contributed by atoms with Crippen molar-refractivity contribution in [1.82, 2.24) is 29.5 Å². The number of nitrogens with one attached hydrogen (secondary N) is 1. The highest BCUT2D eigenvalue weighted by Crippen LogP contribution is 2.35. The molecule has 0 radical (unpaired) electrons. The zero-order valence-electron chi connectivity index (χ0n) is 24.6. The number of amides is 1. The molecule has 6 rings (SSSR count). The zero-order chi connectivity index (χ0) is 32.6. The first-order chi connectivity index (χ1) is 22.0. The molecule has 46 heavy (non-hydrogen) atoms. The smallest absolute Gasteiger partial charge is 0.436 e. The summed E-state index contributed by atoms with van der Waals surface area (Å²) in [5.74, 6) is 0.0310. The van der Waals surface area contributed by atoms with Crippen molar-refractivity contribution in [3.63, 3.8) is 0 Å². The third kappa shape index (κ3) is 6.23. The predicted octanol–water partition coefficient (Wildman–Crippen LogP) is 6.58. The van der Waals surface area contributed by atoms with Crippen LogP contribution < -0.4 is 15.6 Å². The van der Waals surface area contributed by atoms with Crippen molar-refractivity contribution in [2.24, 2.45) is 5.92 Å². The number of pyridine rings is 1. The molecular formula is C32H27ClF3N7O3. The molecule has 5 aromatic rings. The number of rotatable bonds is 4. The maximum Gasteiger partial charge on any atom is 0.436 e. The van der Waals surface area contributed by atoms with Crippen molar-refractivity contribution in [2.45, 2.75) is 38.4 Å². The van der Waals surface area contributed by atoms with Gasteiger partial charge >= 0.3 is 6.18 Å². The van der Waals surface area contributed by atoms with Gasteiger partial charge in [0.15, 0.2) is 5.69 Å². The molecule has 14 heteroatoms. The largest absolute Gasteiger partial charge is 0.495 e. The Labute approximate surface area is 265 Å². The number of carbonyl (C=O) groups is 1. The number of nitrogens with zero attached hydrogens (tertiary/aromatic N) is 6. The van der Waals surface area contributed by atoms with Gasteiger partial charge < -0.3 is 10.1 Å². The molecule has 0 saturated carbocycles. The molecule has 2 bridgehead atoms. The van der Waals surface area contributed by atoms with Crippen molar-refractivity contribution in [1.29, 1.82) is 0 Å². The number of ether oxygens (including phenoxy) is 1. The van der Waals surface area contributed by atoms with Gasteiger partial charge in [0.1, 0.15) is 5.75 Å². The number of fused-ring (bicyclic) bond motifs is 4. The second-order valence-corrected chi connectivity index (χ2v) is 11.4. The first kappa shape index (κ1) is 31.0. The number of anilines is 1. The Hall–Kier alpha value is -5.04. The Kier molecular flexibility index (Phi) is 8.34. The molecule has 0 fully saturated rings. The monoisotopic (exact) mass is 649 g/mol. The van der Waals surface area contributed by atoms with E-state index in [4.69, 9.17) is 16.3 Å². The molecule has 3 aromatic heterocycles. The summed E-state index contributed by atoms with van der Waals surface area (Å²) in [6.45, 7) is 1.85. The summed E-state index contributed by atoms with van der Waals surface area (Å²) in [4.78, 5) is 35.9. The van der Waals surface area contributed by atoms with Crippen molar-refractivity contribution in [2.75, 3.05) is 12.4 Å². The van der Waals surface area contributed by atoms with Gasteiger partial charge in [-0.25, -0.2) is 9.67 Å². The van der Waals surface area contributed by atoms with E-state index in [9.17, 15) is 22.8 Å². The van der Waals surface area contributed by atoms with E-state index >= 15 is 0 Å². The summed E-state index contributed by atoms with van der Waals surface area (Å²) < 4.78 is 47.5. The first-order valence-corrected chi connectivity index (χ1v) is 14.7. The fourth-order valence-electron chi connectivity index (χ4n) is 5.46. The quantitative estimate of drug-likeness (QED) is 0.234. The number of alkyl halides is 3.